The number of aromatic amines is 1. The average Bonchev–Trinajstić information content (AvgIpc) is 2.82. The van der Waals surface area contributed by atoms with E-state index in [9.17, 15) is 4.39 Å². The maximum absolute atomic E-state index is 13.6. The van der Waals surface area contributed by atoms with Crippen molar-refractivity contribution in [2.45, 2.75) is 6.54 Å². The summed E-state index contributed by atoms with van der Waals surface area (Å²) in [6.07, 6.45) is 3.59. The lowest BCUT2D eigenvalue weighted by atomic mass is 10.2. The Labute approximate surface area is 114 Å². The second-order valence-corrected chi connectivity index (χ2v) is 4.57. The van der Waals surface area contributed by atoms with Gasteiger partial charge in [-0.05, 0) is 29.8 Å². The molecule has 0 atom stereocenters. The molecule has 0 unspecified atom stereocenters. The molecule has 0 fully saturated rings. The number of nitrogens with one attached hydrogen (secondary N) is 2. The lowest BCUT2D eigenvalue weighted by Crippen LogP contribution is -2.01. The first-order valence-corrected chi connectivity index (χ1v) is 6.22. The number of rotatable bonds is 3. The summed E-state index contributed by atoms with van der Waals surface area (Å²) in [6, 6.07) is 8.46. The highest BCUT2D eigenvalue weighted by Gasteiger charge is 2.08. The Kier molecular flexibility index (Phi) is 3.09. The number of benzene rings is 1. The van der Waals surface area contributed by atoms with E-state index in [2.05, 4.69) is 15.3 Å². The summed E-state index contributed by atoms with van der Waals surface area (Å²) in [5.41, 5.74) is 2.16. The van der Waals surface area contributed by atoms with Gasteiger partial charge >= 0.3 is 0 Å². The third-order valence-electron chi connectivity index (χ3n) is 2.96. The number of pyridine rings is 1. The van der Waals surface area contributed by atoms with Gasteiger partial charge in [-0.2, -0.15) is 0 Å². The van der Waals surface area contributed by atoms with E-state index >= 15 is 0 Å². The molecule has 0 spiro atoms. The fourth-order valence-corrected chi connectivity index (χ4v) is 2.24. The predicted octanol–water partition coefficient (Wildman–Crippen LogP) is 3.97. The molecule has 2 N–H and O–H groups in total. The van der Waals surface area contributed by atoms with Gasteiger partial charge in [0, 0.05) is 24.3 Å². The Hall–Kier alpha value is -2.07. The van der Waals surface area contributed by atoms with Crippen LogP contribution in [0.5, 0.6) is 0 Å². The topological polar surface area (TPSA) is 40.7 Å². The van der Waals surface area contributed by atoms with Gasteiger partial charge in [0.2, 0.25) is 0 Å². The summed E-state index contributed by atoms with van der Waals surface area (Å²) in [7, 11) is 0. The zero-order valence-corrected chi connectivity index (χ0v) is 10.7. The van der Waals surface area contributed by atoms with E-state index in [1.165, 1.54) is 6.07 Å². The predicted molar refractivity (Wildman–Crippen MR) is 74.8 cm³/mol. The third-order valence-corrected chi connectivity index (χ3v) is 3.27. The second-order valence-electron chi connectivity index (χ2n) is 4.16. The fraction of sp³-hybridized carbons (Fsp3) is 0.0714. The fourth-order valence-electron chi connectivity index (χ4n) is 2.01. The molecule has 0 aliphatic carbocycles. The molecule has 0 amide bonds. The van der Waals surface area contributed by atoms with Crippen LogP contribution >= 0.6 is 11.6 Å². The van der Waals surface area contributed by atoms with Crippen LogP contribution in [0.2, 0.25) is 5.02 Å². The van der Waals surface area contributed by atoms with E-state index in [0.29, 0.717) is 17.3 Å². The van der Waals surface area contributed by atoms with Crippen LogP contribution in [-0.2, 0) is 6.54 Å². The van der Waals surface area contributed by atoms with Crippen molar-refractivity contribution in [3.8, 4) is 0 Å². The number of fused-ring (bicyclic) bond motifs is 1. The molecule has 0 saturated heterocycles. The van der Waals surface area contributed by atoms with Crippen molar-refractivity contribution in [2.24, 2.45) is 0 Å². The van der Waals surface area contributed by atoms with Crippen molar-refractivity contribution in [2.75, 3.05) is 5.32 Å². The number of nitrogens with zero attached hydrogens (tertiary/aromatic N) is 1. The van der Waals surface area contributed by atoms with E-state index in [4.69, 9.17) is 11.6 Å². The first-order chi connectivity index (χ1) is 9.25. The van der Waals surface area contributed by atoms with Crippen LogP contribution in [0.3, 0.4) is 0 Å². The van der Waals surface area contributed by atoms with Crippen molar-refractivity contribution in [1.29, 1.82) is 0 Å². The van der Waals surface area contributed by atoms with E-state index in [1.54, 1.807) is 18.3 Å². The maximum atomic E-state index is 13.6. The van der Waals surface area contributed by atoms with Gasteiger partial charge in [0.15, 0.2) is 0 Å². The molecular weight excluding hydrogens is 265 g/mol. The normalized spacial score (nSPS) is 10.8. The van der Waals surface area contributed by atoms with E-state index < -0.39 is 0 Å². The largest absolute Gasteiger partial charge is 0.377 e. The molecule has 2 heterocycles. The number of hydrogen-bond acceptors (Lipinski definition) is 2. The minimum atomic E-state index is -0.356. The first-order valence-electron chi connectivity index (χ1n) is 5.84. The molecule has 3 nitrogen and oxygen atoms in total. The number of anilines is 1. The van der Waals surface area contributed by atoms with Crippen LogP contribution in [0.4, 0.5) is 10.1 Å². The minimum Gasteiger partial charge on any atom is -0.377 e. The second kappa shape index (κ2) is 4.90. The highest BCUT2D eigenvalue weighted by Crippen LogP contribution is 2.26. The Morgan fingerprint density at radius 1 is 1.26 bits per heavy atom. The summed E-state index contributed by atoms with van der Waals surface area (Å²) < 4.78 is 13.6. The van der Waals surface area contributed by atoms with Crippen LogP contribution < -0.4 is 5.32 Å². The molecule has 0 aliphatic rings. The Morgan fingerprint density at radius 3 is 3.00 bits per heavy atom. The average molecular weight is 276 g/mol. The van der Waals surface area contributed by atoms with Crippen LogP contribution in [0, 0.1) is 5.82 Å². The highest BCUT2D eigenvalue weighted by atomic mass is 35.5. The van der Waals surface area contributed by atoms with Gasteiger partial charge in [-0.25, -0.2) is 9.37 Å². The number of hydrogen-bond donors (Lipinski definition) is 2. The Morgan fingerprint density at radius 2 is 2.16 bits per heavy atom. The molecule has 1 aromatic carbocycles. The summed E-state index contributed by atoms with van der Waals surface area (Å²) >= 11 is 5.97. The van der Waals surface area contributed by atoms with Crippen LogP contribution in [-0.4, -0.2) is 9.97 Å². The zero-order chi connectivity index (χ0) is 13.2. The molecule has 0 radical (unpaired) electrons. The third kappa shape index (κ3) is 2.27. The molecule has 0 bridgehead atoms. The summed E-state index contributed by atoms with van der Waals surface area (Å²) in [6.45, 7) is 0.479. The lowest BCUT2D eigenvalue weighted by Gasteiger charge is -2.08. The van der Waals surface area contributed by atoms with Gasteiger partial charge in [-0.1, -0.05) is 17.7 Å². The van der Waals surface area contributed by atoms with Crippen molar-refractivity contribution >= 4 is 28.3 Å². The Balaban J connectivity index is 1.87. The molecular formula is C14H11ClFN3. The monoisotopic (exact) mass is 275 g/mol. The van der Waals surface area contributed by atoms with Crippen molar-refractivity contribution in [1.82, 2.24) is 9.97 Å². The number of aromatic nitrogens is 2. The molecule has 0 aliphatic heterocycles. The SMILES string of the molecule is Fc1cccc(Cl)c1NCc1c[nH]c2ncccc12. The molecule has 0 saturated carbocycles. The smallest absolute Gasteiger partial charge is 0.147 e. The summed E-state index contributed by atoms with van der Waals surface area (Å²) in [4.78, 5) is 7.28. The standard InChI is InChI=1S/C14H11ClFN3/c15-11-4-1-5-12(16)13(11)18-7-9-8-19-14-10(9)3-2-6-17-14/h1-6,8,18H,7H2,(H,17,19). The molecule has 3 aromatic rings. The van der Waals surface area contributed by atoms with Gasteiger partial charge in [0.05, 0.1) is 10.7 Å². The van der Waals surface area contributed by atoms with E-state index in [1.807, 2.05) is 18.3 Å². The minimum absolute atomic E-state index is 0.322. The zero-order valence-electron chi connectivity index (χ0n) is 9.95. The van der Waals surface area contributed by atoms with Crippen molar-refractivity contribution in [3.05, 3.63) is 59.1 Å². The molecule has 96 valence electrons. The van der Waals surface area contributed by atoms with Gasteiger partial charge in [0.1, 0.15) is 11.5 Å². The van der Waals surface area contributed by atoms with Gasteiger partial charge < -0.3 is 10.3 Å². The van der Waals surface area contributed by atoms with Crippen LogP contribution in [0.25, 0.3) is 11.0 Å². The van der Waals surface area contributed by atoms with Crippen LogP contribution in [0.15, 0.2) is 42.7 Å². The van der Waals surface area contributed by atoms with Crippen molar-refractivity contribution < 1.29 is 4.39 Å². The molecule has 5 heteroatoms. The molecule has 2 aromatic heterocycles. The van der Waals surface area contributed by atoms with Gasteiger partial charge in [-0.3, -0.25) is 0 Å². The van der Waals surface area contributed by atoms with E-state index in [-0.39, 0.29) is 5.82 Å². The van der Waals surface area contributed by atoms with E-state index in [0.717, 1.165) is 16.6 Å². The Bertz CT molecular complexity index is 703. The number of halogens is 2. The molecule has 19 heavy (non-hydrogen) atoms. The van der Waals surface area contributed by atoms with Gasteiger partial charge in [-0.15, -0.1) is 0 Å². The summed E-state index contributed by atoms with van der Waals surface area (Å²) in [5, 5.41) is 4.41. The highest BCUT2D eigenvalue weighted by molar-refractivity contribution is 6.33. The number of para-hydroxylation sites is 1. The first kappa shape index (κ1) is 12.0. The maximum Gasteiger partial charge on any atom is 0.147 e. The van der Waals surface area contributed by atoms with Crippen molar-refractivity contribution in [3.63, 3.8) is 0 Å². The summed E-state index contributed by atoms with van der Waals surface area (Å²) in [5.74, 6) is -0.356. The lowest BCUT2D eigenvalue weighted by molar-refractivity contribution is 0.630. The number of H-pyrrole nitrogens is 1. The van der Waals surface area contributed by atoms with Gasteiger partial charge in [0.25, 0.3) is 0 Å². The molecule has 3 rings (SSSR count). The quantitative estimate of drug-likeness (QED) is 0.759. The van der Waals surface area contributed by atoms with Crippen LogP contribution in [0.1, 0.15) is 5.56 Å².